The van der Waals surface area contributed by atoms with Gasteiger partial charge in [-0.3, -0.25) is 0 Å². The first-order chi connectivity index (χ1) is 7.78. The van der Waals surface area contributed by atoms with Crippen LogP contribution in [0.3, 0.4) is 0 Å². The zero-order valence-electron chi connectivity index (χ0n) is 9.03. The van der Waals surface area contributed by atoms with E-state index in [-0.39, 0.29) is 0 Å². The predicted octanol–water partition coefficient (Wildman–Crippen LogP) is 3.75. The maximum atomic E-state index is 5.70. The van der Waals surface area contributed by atoms with Gasteiger partial charge in [0, 0.05) is 16.8 Å². The number of aromatic nitrogens is 2. The van der Waals surface area contributed by atoms with Crippen molar-refractivity contribution in [2.45, 2.75) is 23.5 Å². The molecule has 2 rings (SSSR count). The number of alkyl halides is 1. The van der Waals surface area contributed by atoms with Gasteiger partial charge in [0.05, 0.1) is 11.6 Å². The molecular formula is C12H13ClN2S. The number of aromatic amines is 1. The van der Waals surface area contributed by atoms with E-state index in [0.29, 0.717) is 5.88 Å². The van der Waals surface area contributed by atoms with Crippen molar-refractivity contribution < 1.29 is 0 Å². The van der Waals surface area contributed by atoms with E-state index in [4.69, 9.17) is 11.6 Å². The van der Waals surface area contributed by atoms with E-state index >= 15 is 0 Å². The largest absolute Gasteiger partial charge is 0.344 e. The van der Waals surface area contributed by atoms with Crippen molar-refractivity contribution in [1.29, 1.82) is 0 Å². The van der Waals surface area contributed by atoms with Crippen molar-refractivity contribution in [3.63, 3.8) is 0 Å². The van der Waals surface area contributed by atoms with Crippen LogP contribution in [0.25, 0.3) is 0 Å². The number of H-pyrrole nitrogens is 1. The van der Waals surface area contributed by atoms with E-state index in [1.54, 1.807) is 18.0 Å². The van der Waals surface area contributed by atoms with Crippen molar-refractivity contribution >= 4 is 23.4 Å². The van der Waals surface area contributed by atoms with Crippen LogP contribution < -0.4 is 0 Å². The third-order valence-corrected chi connectivity index (χ3v) is 3.48. The number of benzene rings is 1. The standard InChI is InChI=1S/C12H13ClN2S/c1-9-3-2-4-11(5-9)16-8-12-14-7-10(6-13)15-12/h2-5,7H,6,8H2,1H3,(H,14,15). The topological polar surface area (TPSA) is 28.7 Å². The van der Waals surface area contributed by atoms with Crippen LogP contribution in [0.2, 0.25) is 0 Å². The second-order valence-corrected chi connectivity index (χ2v) is 4.91. The Balaban J connectivity index is 1.96. The van der Waals surface area contributed by atoms with Gasteiger partial charge in [0.1, 0.15) is 5.82 Å². The Morgan fingerprint density at radius 2 is 2.31 bits per heavy atom. The molecule has 0 spiro atoms. The van der Waals surface area contributed by atoms with Gasteiger partial charge in [-0.2, -0.15) is 0 Å². The van der Waals surface area contributed by atoms with Crippen LogP contribution in [0.5, 0.6) is 0 Å². The van der Waals surface area contributed by atoms with Crippen LogP contribution in [0.4, 0.5) is 0 Å². The smallest absolute Gasteiger partial charge is 0.116 e. The van der Waals surface area contributed by atoms with Gasteiger partial charge >= 0.3 is 0 Å². The Morgan fingerprint density at radius 3 is 3.00 bits per heavy atom. The van der Waals surface area contributed by atoms with Crippen LogP contribution in [0.15, 0.2) is 35.4 Å². The Labute approximate surface area is 104 Å². The van der Waals surface area contributed by atoms with Crippen LogP contribution in [0.1, 0.15) is 17.1 Å². The van der Waals surface area contributed by atoms with Crippen LogP contribution in [-0.2, 0) is 11.6 Å². The van der Waals surface area contributed by atoms with E-state index in [1.165, 1.54) is 10.5 Å². The second kappa shape index (κ2) is 5.41. The summed E-state index contributed by atoms with van der Waals surface area (Å²) in [5.74, 6) is 2.31. The first kappa shape index (κ1) is 11.6. The molecule has 1 aromatic carbocycles. The summed E-state index contributed by atoms with van der Waals surface area (Å²) >= 11 is 7.47. The summed E-state index contributed by atoms with van der Waals surface area (Å²) in [5.41, 5.74) is 2.26. The number of aryl methyl sites for hydroxylation is 1. The molecule has 0 saturated carbocycles. The van der Waals surface area contributed by atoms with Crippen molar-refractivity contribution in [1.82, 2.24) is 9.97 Å². The minimum absolute atomic E-state index is 0.488. The van der Waals surface area contributed by atoms with E-state index in [9.17, 15) is 0 Å². The summed E-state index contributed by atoms with van der Waals surface area (Å²) in [6.45, 7) is 2.10. The summed E-state index contributed by atoms with van der Waals surface area (Å²) in [5, 5.41) is 0. The highest BCUT2D eigenvalue weighted by atomic mass is 35.5. The van der Waals surface area contributed by atoms with Gasteiger partial charge in [-0.25, -0.2) is 4.98 Å². The van der Waals surface area contributed by atoms with Crippen LogP contribution >= 0.6 is 23.4 Å². The highest BCUT2D eigenvalue weighted by Gasteiger charge is 2.01. The SMILES string of the molecule is Cc1cccc(SCc2ncc(CCl)[nH]2)c1. The average molecular weight is 253 g/mol. The lowest BCUT2D eigenvalue weighted by atomic mass is 10.2. The summed E-state index contributed by atoms with van der Waals surface area (Å²) in [4.78, 5) is 8.71. The molecule has 84 valence electrons. The van der Waals surface area contributed by atoms with Crippen molar-refractivity contribution in [3.8, 4) is 0 Å². The number of halogens is 1. The molecule has 0 aliphatic carbocycles. The molecule has 2 nitrogen and oxygen atoms in total. The maximum absolute atomic E-state index is 5.70. The third kappa shape index (κ3) is 3.03. The molecule has 4 heteroatoms. The Bertz CT molecular complexity index is 468. The van der Waals surface area contributed by atoms with Gasteiger partial charge in [0.2, 0.25) is 0 Å². The molecule has 0 fully saturated rings. The summed E-state index contributed by atoms with van der Waals surface area (Å²) in [7, 11) is 0. The lowest BCUT2D eigenvalue weighted by molar-refractivity contribution is 1.09. The van der Waals surface area contributed by atoms with Crippen LogP contribution in [0, 0.1) is 6.92 Å². The molecule has 0 amide bonds. The van der Waals surface area contributed by atoms with Gasteiger partial charge in [-0.1, -0.05) is 17.7 Å². The van der Waals surface area contributed by atoms with Gasteiger partial charge in [0.15, 0.2) is 0 Å². The highest BCUT2D eigenvalue weighted by Crippen LogP contribution is 2.22. The van der Waals surface area contributed by atoms with Crippen molar-refractivity contribution in [3.05, 3.63) is 47.5 Å². The number of thioether (sulfide) groups is 1. The molecule has 1 N–H and O–H groups in total. The fourth-order valence-electron chi connectivity index (χ4n) is 1.40. The second-order valence-electron chi connectivity index (χ2n) is 3.59. The first-order valence-corrected chi connectivity index (χ1v) is 6.58. The average Bonchev–Trinajstić information content (AvgIpc) is 2.74. The van der Waals surface area contributed by atoms with E-state index in [2.05, 4.69) is 41.2 Å². The molecule has 0 unspecified atom stereocenters. The van der Waals surface area contributed by atoms with Crippen molar-refractivity contribution in [2.24, 2.45) is 0 Å². The normalized spacial score (nSPS) is 10.6. The van der Waals surface area contributed by atoms with E-state index in [1.807, 2.05) is 0 Å². The lowest BCUT2D eigenvalue weighted by Gasteiger charge is -2.00. The quantitative estimate of drug-likeness (QED) is 0.663. The number of rotatable bonds is 4. The predicted molar refractivity (Wildman–Crippen MR) is 68.9 cm³/mol. The fraction of sp³-hybridized carbons (Fsp3) is 0.250. The minimum Gasteiger partial charge on any atom is -0.344 e. The molecular weight excluding hydrogens is 240 g/mol. The van der Waals surface area contributed by atoms with Gasteiger partial charge < -0.3 is 4.98 Å². The van der Waals surface area contributed by atoms with E-state index < -0.39 is 0 Å². The highest BCUT2D eigenvalue weighted by molar-refractivity contribution is 7.98. The number of hydrogen-bond acceptors (Lipinski definition) is 2. The number of nitrogens with zero attached hydrogens (tertiary/aromatic N) is 1. The van der Waals surface area contributed by atoms with Crippen LogP contribution in [-0.4, -0.2) is 9.97 Å². The molecule has 0 saturated heterocycles. The van der Waals surface area contributed by atoms with E-state index in [0.717, 1.165) is 17.3 Å². The monoisotopic (exact) mass is 252 g/mol. The Morgan fingerprint density at radius 1 is 1.44 bits per heavy atom. The van der Waals surface area contributed by atoms with Gasteiger partial charge in [0.25, 0.3) is 0 Å². The maximum Gasteiger partial charge on any atom is 0.116 e. The molecule has 0 aliphatic heterocycles. The zero-order valence-corrected chi connectivity index (χ0v) is 10.6. The summed E-state index contributed by atoms with van der Waals surface area (Å²) < 4.78 is 0. The number of nitrogens with one attached hydrogen (secondary N) is 1. The minimum atomic E-state index is 0.488. The first-order valence-electron chi connectivity index (χ1n) is 5.06. The molecule has 2 aromatic rings. The number of imidazole rings is 1. The third-order valence-electron chi connectivity index (χ3n) is 2.19. The zero-order chi connectivity index (χ0) is 11.4. The Hall–Kier alpha value is -0.930. The molecule has 0 bridgehead atoms. The van der Waals surface area contributed by atoms with Crippen molar-refractivity contribution in [2.75, 3.05) is 0 Å². The summed E-state index contributed by atoms with van der Waals surface area (Å²) in [6.07, 6.45) is 1.79. The van der Waals surface area contributed by atoms with Gasteiger partial charge in [-0.15, -0.1) is 23.4 Å². The molecule has 16 heavy (non-hydrogen) atoms. The fourth-order valence-corrected chi connectivity index (χ4v) is 2.43. The molecule has 1 heterocycles. The molecule has 0 aliphatic rings. The molecule has 1 aromatic heterocycles. The Kier molecular flexibility index (Phi) is 3.91. The number of hydrogen-bond donors (Lipinski definition) is 1. The summed E-state index contributed by atoms with van der Waals surface area (Å²) in [6, 6.07) is 8.46. The lowest BCUT2D eigenvalue weighted by Crippen LogP contribution is -1.84. The van der Waals surface area contributed by atoms with Gasteiger partial charge in [-0.05, 0) is 19.1 Å². The molecule has 0 atom stereocenters. The molecule has 0 radical (unpaired) electrons.